The number of amides is 2. The maximum absolute atomic E-state index is 12.7. The highest BCUT2D eigenvalue weighted by Crippen LogP contribution is 2.22. The molecule has 0 radical (unpaired) electrons. The van der Waals surface area contributed by atoms with E-state index in [0.29, 0.717) is 12.5 Å². The van der Waals surface area contributed by atoms with Gasteiger partial charge in [-0.2, -0.15) is 0 Å². The number of nitrogens with zero attached hydrogens (tertiary/aromatic N) is 1. The highest BCUT2D eigenvalue weighted by atomic mass is 16.2. The Kier molecular flexibility index (Phi) is 6.50. The van der Waals surface area contributed by atoms with Gasteiger partial charge in [-0.25, -0.2) is 0 Å². The Hall–Kier alpha value is -1.06. The van der Waals surface area contributed by atoms with Crippen LogP contribution >= 0.6 is 0 Å². The third-order valence-corrected chi connectivity index (χ3v) is 4.32. The zero-order valence-electron chi connectivity index (χ0n) is 13.6. The van der Waals surface area contributed by atoms with Gasteiger partial charge in [-0.05, 0) is 18.3 Å². The second kappa shape index (κ2) is 7.65. The summed E-state index contributed by atoms with van der Waals surface area (Å²) in [6.45, 7) is 11.1. The molecule has 2 amide bonds. The summed E-state index contributed by atoms with van der Waals surface area (Å²) < 4.78 is 0. The summed E-state index contributed by atoms with van der Waals surface area (Å²) in [5.74, 6) is 0.755. The first-order valence-electron chi connectivity index (χ1n) is 8.06. The number of piperazine rings is 1. The molecule has 1 fully saturated rings. The van der Waals surface area contributed by atoms with E-state index in [9.17, 15) is 9.59 Å². The van der Waals surface area contributed by atoms with E-state index in [1.54, 1.807) is 0 Å². The van der Waals surface area contributed by atoms with E-state index in [-0.39, 0.29) is 29.8 Å². The molecule has 0 spiro atoms. The van der Waals surface area contributed by atoms with Crippen LogP contribution in [-0.2, 0) is 9.59 Å². The van der Waals surface area contributed by atoms with Gasteiger partial charge in [0.1, 0.15) is 12.1 Å². The minimum absolute atomic E-state index is 0.0176. The molecular weight excluding hydrogens is 252 g/mol. The molecule has 20 heavy (non-hydrogen) atoms. The fourth-order valence-corrected chi connectivity index (χ4v) is 2.97. The molecule has 4 nitrogen and oxygen atoms in total. The zero-order chi connectivity index (χ0) is 15.3. The van der Waals surface area contributed by atoms with Crippen LogP contribution in [0.3, 0.4) is 0 Å². The van der Waals surface area contributed by atoms with Crippen molar-refractivity contribution in [2.75, 3.05) is 6.54 Å². The fraction of sp³-hybridized carbons (Fsp3) is 0.875. The van der Waals surface area contributed by atoms with Gasteiger partial charge in [-0.15, -0.1) is 0 Å². The Morgan fingerprint density at radius 1 is 1.15 bits per heavy atom. The third kappa shape index (κ3) is 3.74. The molecular formula is C16H30N2O2. The van der Waals surface area contributed by atoms with Gasteiger partial charge in [-0.3, -0.25) is 9.59 Å². The Morgan fingerprint density at radius 2 is 1.75 bits per heavy atom. The van der Waals surface area contributed by atoms with Gasteiger partial charge in [-0.1, -0.05) is 53.9 Å². The van der Waals surface area contributed by atoms with Crippen LogP contribution in [0.15, 0.2) is 0 Å². The van der Waals surface area contributed by atoms with Gasteiger partial charge >= 0.3 is 0 Å². The smallest absolute Gasteiger partial charge is 0.245 e. The van der Waals surface area contributed by atoms with Crippen LogP contribution in [0.4, 0.5) is 0 Å². The van der Waals surface area contributed by atoms with Crippen molar-refractivity contribution in [1.82, 2.24) is 10.2 Å². The van der Waals surface area contributed by atoms with Crippen molar-refractivity contribution < 1.29 is 9.59 Å². The molecule has 0 aromatic carbocycles. The Labute approximate surface area is 123 Å². The summed E-state index contributed by atoms with van der Waals surface area (Å²) in [5, 5.41) is 2.91. The lowest BCUT2D eigenvalue weighted by molar-refractivity contribution is -0.152. The highest BCUT2D eigenvalue weighted by molar-refractivity contribution is 5.97. The second-order valence-electron chi connectivity index (χ2n) is 6.21. The molecule has 0 aromatic heterocycles. The topological polar surface area (TPSA) is 49.4 Å². The predicted octanol–water partition coefficient (Wildman–Crippen LogP) is 2.57. The summed E-state index contributed by atoms with van der Waals surface area (Å²) in [5.41, 5.74) is 0. The summed E-state index contributed by atoms with van der Waals surface area (Å²) in [6, 6.07) is -0.631. The fourth-order valence-electron chi connectivity index (χ4n) is 2.97. The number of rotatable bonds is 7. The summed E-state index contributed by atoms with van der Waals surface area (Å²) in [7, 11) is 0. The number of nitrogens with one attached hydrogen (secondary N) is 1. The van der Waals surface area contributed by atoms with Crippen LogP contribution in [-0.4, -0.2) is 35.3 Å². The monoisotopic (exact) mass is 282 g/mol. The van der Waals surface area contributed by atoms with E-state index in [1.165, 1.54) is 0 Å². The molecule has 0 saturated carbocycles. The van der Waals surface area contributed by atoms with Gasteiger partial charge in [0.05, 0.1) is 0 Å². The summed E-state index contributed by atoms with van der Waals surface area (Å²) >= 11 is 0. The molecule has 1 aliphatic heterocycles. The molecule has 0 aliphatic carbocycles. The number of carbonyl (C=O) groups is 2. The molecule has 0 aromatic rings. The molecule has 1 aliphatic rings. The summed E-state index contributed by atoms with van der Waals surface area (Å²) in [6.07, 6.45) is 3.73. The molecule has 1 rings (SSSR count). The minimum Gasteiger partial charge on any atom is -0.342 e. The van der Waals surface area contributed by atoms with Crippen molar-refractivity contribution in [2.45, 2.75) is 72.4 Å². The number of hydrogen-bond donors (Lipinski definition) is 1. The van der Waals surface area contributed by atoms with Crippen LogP contribution in [0.2, 0.25) is 0 Å². The van der Waals surface area contributed by atoms with E-state index < -0.39 is 0 Å². The lowest BCUT2D eigenvalue weighted by atomic mass is 9.93. The average Bonchev–Trinajstić information content (AvgIpc) is 2.40. The zero-order valence-corrected chi connectivity index (χ0v) is 13.6. The maximum atomic E-state index is 12.7. The third-order valence-electron chi connectivity index (χ3n) is 4.32. The van der Waals surface area contributed by atoms with Crippen molar-refractivity contribution >= 4 is 11.8 Å². The van der Waals surface area contributed by atoms with Crippen molar-refractivity contribution in [1.29, 1.82) is 0 Å². The van der Waals surface area contributed by atoms with E-state index >= 15 is 0 Å². The van der Waals surface area contributed by atoms with Gasteiger partial charge in [0.15, 0.2) is 0 Å². The molecule has 1 N–H and O–H groups in total. The first kappa shape index (κ1) is 17.0. The van der Waals surface area contributed by atoms with E-state index in [0.717, 1.165) is 25.7 Å². The molecule has 1 heterocycles. The SMILES string of the molecule is CCCC1NC(=O)C(C(C)C)N(CC(CC)CC)C1=O. The number of hydrogen-bond acceptors (Lipinski definition) is 2. The molecule has 116 valence electrons. The molecule has 4 heteroatoms. The van der Waals surface area contributed by atoms with E-state index in [2.05, 4.69) is 19.2 Å². The normalized spacial score (nSPS) is 23.6. The first-order valence-corrected chi connectivity index (χ1v) is 8.06. The summed E-state index contributed by atoms with van der Waals surface area (Å²) in [4.78, 5) is 26.8. The van der Waals surface area contributed by atoms with Gasteiger partial charge in [0.2, 0.25) is 11.8 Å². The van der Waals surface area contributed by atoms with Crippen molar-refractivity contribution in [3.05, 3.63) is 0 Å². The van der Waals surface area contributed by atoms with E-state index in [4.69, 9.17) is 0 Å². The highest BCUT2D eigenvalue weighted by Gasteiger charge is 2.41. The van der Waals surface area contributed by atoms with Crippen LogP contribution in [0.5, 0.6) is 0 Å². The average molecular weight is 282 g/mol. The van der Waals surface area contributed by atoms with Crippen molar-refractivity contribution in [3.63, 3.8) is 0 Å². The molecule has 1 saturated heterocycles. The lowest BCUT2D eigenvalue weighted by Crippen LogP contribution is -2.65. The van der Waals surface area contributed by atoms with Crippen LogP contribution in [0, 0.1) is 11.8 Å². The van der Waals surface area contributed by atoms with Gasteiger partial charge < -0.3 is 10.2 Å². The minimum atomic E-state index is -0.322. The van der Waals surface area contributed by atoms with Crippen LogP contribution < -0.4 is 5.32 Å². The van der Waals surface area contributed by atoms with Crippen molar-refractivity contribution in [3.8, 4) is 0 Å². The Morgan fingerprint density at radius 3 is 2.20 bits per heavy atom. The van der Waals surface area contributed by atoms with Gasteiger partial charge in [0, 0.05) is 6.54 Å². The maximum Gasteiger partial charge on any atom is 0.245 e. The lowest BCUT2D eigenvalue weighted by Gasteiger charge is -2.42. The Balaban J connectivity index is 2.95. The predicted molar refractivity (Wildman–Crippen MR) is 81.2 cm³/mol. The Bertz CT molecular complexity index is 337. The molecule has 2 unspecified atom stereocenters. The molecule has 0 bridgehead atoms. The largest absolute Gasteiger partial charge is 0.342 e. The van der Waals surface area contributed by atoms with Crippen LogP contribution in [0.25, 0.3) is 0 Å². The van der Waals surface area contributed by atoms with E-state index in [1.807, 2.05) is 25.7 Å². The van der Waals surface area contributed by atoms with Crippen molar-refractivity contribution in [2.24, 2.45) is 11.8 Å². The van der Waals surface area contributed by atoms with Gasteiger partial charge in [0.25, 0.3) is 0 Å². The first-order chi connectivity index (χ1) is 9.46. The molecule has 2 atom stereocenters. The second-order valence-corrected chi connectivity index (χ2v) is 6.21. The quantitative estimate of drug-likeness (QED) is 0.780. The number of carbonyl (C=O) groups excluding carboxylic acids is 2. The van der Waals surface area contributed by atoms with Crippen LogP contribution in [0.1, 0.15) is 60.3 Å². The standard InChI is InChI=1S/C16H30N2O2/c1-6-9-13-16(20)18(10-12(7-2)8-3)14(11(4)5)15(19)17-13/h11-14H,6-10H2,1-5H3,(H,17,19).